The SMILES string of the molecule is c1cc[c]([PbH]([c]2ccccc2)[c]2ccccc2)cc1. The van der Waals surface area contributed by atoms with Crippen molar-refractivity contribution in [3.8, 4) is 0 Å². The number of rotatable bonds is 3. The molecule has 0 spiro atoms. The third-order valence-corrected chi connectivity index (χ3v) is 15.7. The quantitative estimate of drug-likeness (QED) is 0.548. The molecule has 0 saturated carbocycles. The number of benzene rings is 3. The van der Waals surface area contributed by atoms with Crippen molar-refractivity contribution in [1.82, 2.24) is 0 Å². The summed E-state index contributed by atoms with van der Waals surface area (Å²) in [6, 6.07) is 33.1. The molecule has 0 bridgehead atoms. The van der Waals surface area contributed by atoms with Gasteiger partial charge in [0.1, 0.15) is 0 Å². The first-order chi connectivity index (χ1) is 9.45. The van der Waals surface area contributed by atoms with E-state index >= 15 is 0 Å². The van der Waals surface area contributed by atoms with Gasteiger partial charge in [0, 0.05) is 0 Å². The van der Waals surface area contributed by atoms with Crippen molar-refractivity contribution >= 4 is 32.1 Å². The summed E-state index contributed by atoms with van der Waals surface area (Å²) in [4.78, 5) is 0. The van der Waals surface area contributed by atoms with Crippen LogP contribution < -0.4 is 9.37 Å². The predicted octanol–water partition coefficient (Wildman–Crippen LogP) is 1.94. The zero-order valence-corrected chi connectivity index (χ0v) is 15.2. The molecular weight excluding hydrogens is 423 g/mol. The summed E-state index contributed by atoms with van der Waals surface area (Å²) in [7, 11) is 0. The Hall–Kier alpha value is -1.42. The van der Waals surface area contributed by atoms with Crippen LogP contribution in [0.5, 0.6) is 0 Å². The van der Waals surface area contributed by atoms with E-state index < -0.39 is 22.7 Å². The van der Waals surface area contributed by atoms with Crippen molar-refractivity contribution in [3.63, 3.8) is 0 Å². The minimum atomic E-state index is -2.28. The zero-order valence-electron chi connectivity index (χ0n) is 10.7. The van der Waals surface area contributed by atoms with Gasteiger partial charge in [0.15, 0.2) is 0 Å². The van der Waals surface area contributed by atoms with Crippen LogP contribution in [0.3, 0.4) is 0 Å². The average Bonchev–Trinajstić information content (AvgIpc) is 2.51. The van der Waals surface area contributed by atoms with Crippen molar-refractivity contribution in [2.75, 3.05) is 0 Å². The van der Waals surface area contributed by atoms with Gasteiger partial charge in [0.05, 0.1) is 0 Å². The first kappa shape index (κ1) is 12.6. The molecule has 0 fully saturated rings. The third-order valence-electron chi connectivity index (χ3n) is 3.40. The standard InChI is InChI=1S/3C6H5.Pb.H/c3*1-2-4-6-5-3-1;;/h3*1-5H;;. The summed E-state index contributed by atoms with van der Waals surface area (Å²) in [6.45, 7) is 0. The first-order valence-corrected chi connectivity index (χ1v) is 13.3. The Balaban J connectivity index is 2.12. The molecule has 0 aliphatic rings. The first-order valence-electron chi connectivity index (χ1n) is 6.60. The minimum absolute atomic E-state index is 1.56. The Bertz CT molecular complexity index is 524. The van der Waals surface area contributed by atoms with E-state index in [1.807, 2.05) is 0 Å². The van der Waals surface area contributed by atoms with E-state index in [0.717, 1.165) is 0 Å². The van der Waals surface area contributed by atoms with Gasteiger partial charge in [-0.1, -0.05) is 0 Å². The Labute approximate surface area is 122 Å². The molecule has 0 nitrogen and oxygen atoms in total. The Morgan fingerprint density at radius 1 is 0.368 bits per heavy atom. The molecule has 1 heteroatoms. The van der Waals surface area contributed by atoms with Gasteiger partial charge in [-0.15, -0.1) is 0 Å². The molecule has 0 aromatic heterocycles. The molecule has 0 radical (unpaired) electrons. The normalized spacial score (nSPS) is 10.6. The topological polar surface area (TPSA) is 0 Å². The molecule has 0 unspecified atom stereocenters. The monoisotopic (exact) mass is 440 g/mol. The fourth-order valence-corrected chi connectivity index (χ4v) is 14.1. The van der Waals surface area contributed by atoms with Gasteiger partial charge in [0.25, 0.3) is 0 Å². The average molecular weight is 440 g/mol. The molecule has 3 aromatic carbocycles. The van der Waals surface area contributed by atoms with Crippen LogP contribution in [0.2, 0.25) is 0 Å². The van der Waals surface area contributed by atoms with Gasteiger partial charge in [-0.2, -0.15) is 0 Å². The van der Waals surface area contributed by atoms with Gasteiger partial charge in [-0.3, -0.25) is 0 Å². The molecule has 0 atom stereocenters. The number of hydrogen-bond acceptors (Lipinski definition) is 0. The van der Waals surface area contributed by atoms with Crippen LogP contribution in [0, 0.1) is 0 Å². The summed E-state index contributed by atoms with van der Waals surface area (Å²) in [5.74, 6) is 0. The van der Waals surface area contributed by atoms with Crippen molar-refractivity contribution < 1.29 is 0 Å². The maximum absolute atomic E-state index is 2.30. The van der Waals surface area contributed by atoms with Gasteiger partial charge >= 0.3 is 123 Å². The molecule has 3 rings (SSSR count). The second kappa shape index (κ2) is 6.15. The van der Waals surface area contributed by atoms with Gasteiger partial charge in [-0.05, 0) is 0 Å². The summed E-state index contributed by atoms with van der Waals surface area (Å²) >= 11 is -2.28. The fourth-order valence-electron chi connectivity index (χ4n) is 2.51. The van der Waals surface area contributed by atoms with E-state index in [4.69, 9.17) is 0 Å². The zero-order chi connectivity index (χ0) is 12.9. The van der Waals surface area contributed by atoms with Crippen LogP contribution in [-0.4, -0.2) is 22.7 Å². The predicted molar refractivity (Wildman–Crippen MR) is 85.4 cm³/mol. The van der Waals surface area contributed by atoms with Crippen LogP contribution in [0.4, 0.5) is 0 Å². The molecule has 0 saturated heterocycles. The fraction of sp³-hybridized carbons (Fsp3) is 0. The van der Waals surface area contributed by atoms with Gasteiger partial charge in [-0.25, -0.2) is 0 Å². The summed E-state index contributed by atoms with van der Waals surface area (Å²) in [5, 5.41) is 0. The van der Waals surface area contributed by atoms with Crippen LogP contribution in [0.25, 0.3) is 0 Å². The van der Waals surface area contributed by atoms with Crippen molar-refractivity contribution in [1.29, 1.82) is 0 Å². The molecule has 0 heterocycles. The van der Waals surface area contributed by atoms with E-state index in [9.17, 15) is 0 Å². The van der Waals surface area contributed by atoms with Crippen molar-refractivity contribution in [3.05, 3.63) is 91.0 Å². The molecule has 0 N–H and O–H groups in total. The molecule has 0 aliphatic carbocycles. The summed E-state index contributed by atoms with van der Waals surface area (Å²) in [5.41, 5.74) is 0. The van der Waals surface area contributed by atoms with E-state index in [-0.39, 0.29) is 0 Å². The molecule has 92 valence electrons. The third kappa shape index (κ3) is 2.95. The Morgan fingerprint density at radius 3 is 0.895 bits per heavy atom. The molecule has 0 amide bonds. The molecule has 3 aromatic rings. The van der Waals surface area contributed by atoms with Crippen LogP contribution in [-0.2, 0) is 0 Å². The van der Waals surface area contributed by atoms with Crippen LogP contribution in [0.15, 0.2) is 91.0 Å². The van der Waals surface area contributed by atoms with E-state index in [1.54, 1.807) is 9.37 Å². The summed E-state index contributed by atoms with van der Waals surface area (Å²) < 4.78 is 4.67. The van der Waals surface area contributed by atoms with E-state index in [2.05, 4.69) is 91.0 Å². The number of hydrogen-bond donors (Lipinski definition) is 0. The maximum atomic E-state index is 2.30. The molecule has 0 aliphatic heterocycles. The Kier molecular flexibility index (Phi) is 4.08. The molecule has 19 heavy (non-hydrogen) atoms. The van der Waals surface area contributed by atoms with Crippen LogP contribution in [0.1, 0.15) is 0 Å². The molecular formula is C18H16Pb. The summed E-state index contributed by atoms with van der Waals surface area (Å²) in [6.07, 6.45) is 0. The van der Waals surface area contributed by atoms with Crippen molar-refractivity contribution in [2.45, 2.75) is 0 Å². The van der Waals surface area contributed by atoms with Crippen LogP contribution >= 0.6 is 0 Å². The second-order valence-electron chi connectivity index (χ2n) is 4.67. The Morgan fingerprint density at radius 2 is 0.632 bits per heavy atom. The van der Waals surface area contributed by atoms with Gasteiger partial charge in [0.2, 0.25) is 0 Å². The second-order valence-corrected chi connectivity index (χ2v) is 15.8. The van der Waals surface area contributed by atoms with E-state index in [1.165, 1.54) is 0 Å². The van der Waals surface area contributed by atoms with Crippen molar-refractivity contribution in [2.24, 2.45) is 0 Å². The van der Waals surface area contributed by atoms with Gasteiger partial charge < -0.3 is 0 Å². The van der Waals surface area contributed by atoms with E-state index in [0.29, 0.717) is 0 Å².